The molecule has 164 valence electrons. The second-order valence-electron chi connectivity index (χ2n) is 9.08. The number of allylic oxidation sites excluding steroid dienone is 5. The average molecular weight is 455 g/mol. The van der Waals surface area contributed by atoms with Gasteiger partial charge in [-0.05, 0) is 58.7 Å². The first-order valence-corrected chi connectivity index (χ1v) is 13.7. The zero-order valence-corrected chi connectivity index (χ0v) is 20.5. The maximum Gasteiger partial charge on any atom is 0.176 e. The summed E-state index contributed by atoms with van der Waals surface area (Å²) in [4.78, 5) is 0. The van der Waals surface area contributed by atoms with Gasteiger partial charge in [0, 0.05) is 10.8 Å². The second kappa shape index (κ2) is 7.86. The van der Waals surface area contributed by atoms with Crippen LogP contribution in [0.2, 0.25) is 0 Å². The van der Waals surface area contributed by atoms with Crippen LogP contribution < -0.4 is 15.6 Å². The Kier molecular flexibility index (Phi) is 4.79. The van der Waals surface area contributed by atoms with Gasteiger partial charge in [-0.25, -0.2) is 0 Å². The van der Waals surface area contributed by atoms with E-state index in [0.717, 1.165) is 11.2 Å². The van der Waals surface area contributed by atoms with Crippen molar-refractivity contribution in [2.45, 2.75) is 13.8 Å². The highest BCUT2D eigenvalue weighted by Gasteiger charge is 2.48. The van der Waals surface area contributed by atoms with Gasteiger partial charge in [0.05, 0.1) is 0 Å². The topological polar surface area (TPSA) is 13.1 Å². The highest BCUT2D eigenvalue weighted by atomic mass is 28.3. The van der Waals surface area contributed by atoms with Crippen molar-refractivity contribution < 1.29 is 4.42 Å². The molecule has 0 N–H and O–H groups in total. The maximum atomic E-state index is 6.35. The summed E-state index contributed by atoms with van der Waals surface area (Å²) < 4.78 is 6.35. The van der Waals surface area contributed by atoms with Crippen LogP contribution in [-0.4, -0.2) is 8.07 Å². The molecule has 0 spiro atoms. The van der Waals surface area contributed by atoms with Crippen LogP contribution >= 0.6 is 0 Å². The van der Waals surface area contributed by atoms with E-state index < -0.39 is 8.07 Å². The van der Waals surface area contributed by atoms with Gasteiger partial charge in [0.25, 0.3) is 0 Å². The van der Waals surface area contributed by atoms with Gasteiger partial charge >= 0.3 is 0 Å². The van der Waals surface area contributed by atoms with Crippen LogP contribution in [-0.2, 0) is 0 Å². The second-order valence-corrected chi connectivity index (χ2v) is 13.0. The van der Waals surface area contributed by atoms with Crippen LogP contribution in [0.1, 0.15) is 18.1 Å². The van der Waals surface area contributed by atoms with Gasteiger partial charge in [-0.2, -0.15) is 0 Å². The molecule has 1 aliphatic heterocycles. The number of fused-ring (bicyclic) bond motifs is 5. The van der Waals surface area contributed by atoms with E-state index >= 15 is 0 Å². The molecule has 0 fully saturated rings. The number of benzene rings is 4. The zero-order valence-electron chi connectivity index (χ0n) is 19.5. The molecule has 0 bridgehead atoms. The Morgan fingerprint density at radius 2 is 1.41 bits per heavy atom. The molecule has 2 heterocycles. The predicted octanol–water partition coefficient (Wildman–Crippen LogP) is 6.43. The highest BCUT2D eigenvalue weighted by Crippen LogP contribution is 2.42. The molecule has 34 heavy (non-hydrogen) atoms. The fourth-order valence-electron chi connectivity index (χ4n) is 5.83. The molecule has 2 heteroatoms. The minimum absolute atomic E-state index is 0.942. The molecule has 1 nitrogen and oxygen atoms in total. The minimum Gasteiger partial charge on any atom is -0.456 e. The van der Waals surface area contributed by atoms with Crippen molar-refractivity contribution in [2.75, 3.05) is 0 Å². The fraction of sp³-hybridized carbons (Fsp3) is 0.0625. The van der Waals surface area contributed by atoms with Crippen molar-refractivity contribution in [3.63, 3.8) is 0 Å². The molecular weight excluding hydrogens is 428 g/mol. The summed E-state index contributed by atoms with van der Waals surface area (Å²) in [6.45, 7) is 8.44. The quantitative estimate of drug-likeness (QED) is 0.225. The number of furan rings is 1. The summed E-state index contributed by atoms with van der Waals surface area (Å²) in [5, 5.41) is 8.11. The lowest BCUT2D eigenvalue weighted by Gasteiger charge is -2.32. The Labute approximate surface area is 201 Å². The molecule has 6 rings (SSSR count). The predicted molar refractivity (Wildman–Crippen MR) is 148 cm³/mol. The van der Waals surface area contributed by atoms with E-state index in [4.69, 9.17) is 4.42 Å². The molecule has 0 aliphatic carbocycles. The summed E-state index contributed by atoms with van der Waals surface area (Å²) >= 11 is 0. The van der Waals surface area contributed by atoms with E-state index in [1.54, 1.807) is 0 Å². The number of hydrogen-bond donors (Lipinski definition) is 0. The van der Waals surface area contributed by atoms with Crippen molar-refractivity contribution in [1.29, 1.82) is 0 Å². The van der Waals surface area contributed by atoms with Gasteiger partial charge < -0.3 is 4.42 Å². The van der Waals surface area contributed by atoms with Crippen molar-refractivity contribution in [3.05, 3.63) is 132 Å². The Balaban J connectivity index is 1.84. The third kappa shape index (κ3) is 2.79. The summed E-state index contributed by atoms with van der Waals surface area (Å²) in [6.07, 6.45) is 6.18. The van der Waals surface area contributed by atoms with Gasteiger partial charge in [-0.1, -0.05) is 108 Å². The van der Waals surface area contributed by atoms with Crippen molar-refractivity contribution >= 4 is 51.1 Å². The summed E-state index contributed by atoms with van der Waals surface area (Å²) in [6, 6.07) is 33.2. The van der Waals surface area contributed by atoms with E-state index in [1.165, 1.54) is 48.2 Å². The smallest absolute Gasteiger partial charge is 0.176 e. The van der Waals surface area contributed by atoms with Crippen LogP contribution in [0.3, 0.4) is 0 Å². The van der Waals surface area contributed by atoms with Gasteiger partial charge in [0.2, 0.25) is 0 Å². The first kappa shape index (κ1) is 20.7. The van der Waals surface area contributed by atoms with Gasteiger partial charge in [0.15, 0.2) is 8.07 Å². The Bertz CT molecular complexity index is 1580. The van der Waals surface area contributed by atoms with Crippen LogP contribution in [0.25, 0.3) is 27.5 Å². The minimum atomic E-state index is -2.46. The molecule has 0 amide bonds. The first-order valence-electron chi connectivity index (χ1n) is 11.7. The van der Waals surface area contributed by atoms with Gasteiger partial charge in [-0.15, -0.1) is 0 Å². The molecule has 0 unspecified atom stereocenters. The normalized spacial score (nSPS) is 14.9. The van der Waals surface area contributed by atoms with Crippen LogP contribution in [0.4, 0.5) is 0 Å². The monoisotopic (exact) mass is 454 g/mol. The zero-order chi connectivity index (χ0) is 23.3. The lowest BCUT2D eigenvalue weighted by atomic mass is 9.98. The molecule has 4 aromatic carbocycles. The van der Waals surface area contributed by atoms with E-state index in [2.05, 4.69) is 124 Å². The van der Waals surface area contributed by atoms with Crippen LogP contribution in [0, 0.1) is 6.92 Å². The standard InChI is InChI=1S/C32H26OSi/c1-4-5-16-26-23(3)34(24-12-8-6-9-13-24,25-14-10-7-11-15-25)30-20-19-29-31(32(26)30)27-21-22(2)17-18-28(27)33-29/h4-21H,1H2,2-3H3/b16-5-. The fourth-order valence-corrected chi connectivity index (χ4v) is 11.0. The molecule has 1 aromatic heterocycles. The van der Waals surface area contributed by atoms with Crippen molar-refractivity contribution in [3.8, 4) is 0 Å². The molecule has 0 saturated heterocycles. The SMILES string of the molecule is C=C/C=C\C1=C(C)[Si](c2ccccc2)(c2ccccc2)c2ccc3oc4ccc(C)cc4c3c21. The summed E-state index contributed by atoms with van der Waals surface area (Å²) in [7, 11) is -2.46. The average Bonchev–Trinajstić information content (AvgIpc) is 3.36. The van der Waals surface area contributed by atoms with E-state index in [9.17, 15) is 0 Å². The third-order valence-corrected chi connectivity index (χ3v) is 12.3. The number of rotatable bonds is 4. The Morgan fingerprint density at radius 1 is 0.765 bits per heavy atom. The lowest BCUT2D eigenvalue weighted by molar-refractivity contribution is 0.669. The molecule has 0 atom stereocenters. The summed E-state index contributed by atoms with van der Waals surface area (Å²) in [5.41, 5.74) is 5.74. The van der Waals surface area contributed by atoms with E-state index in [-0.39, 0.29) is 0 Å². The van der Waals surface area contributed by atoms with Gasteiger partial charge in [0.1, 0.15) is 11.2 Å². The number of aryl methyl sites for hydroxylation is 1. The maximum absolute atomic E-state index is 6.35. The highest BCUT2D eigenvalue weighted by molar-refractivity contribution is 7.18. The molecular formula is C32H26OSi. The Morgan fingerprint density at radius 3 is 2.06 bits per heavy atom. The molecule has 1 aliphatic rings. The van der Waals surface area contributed by atoms with E-state index in [1.807, 2.05) is 6.08 Å². The largest absolute Gasteiger partial charge is 0.456 e. The Hall–Kier alpha value is -3.88. The van der Waals surface area contributed by atoms with Crippen molar-refractivity contribution in [1.82, 2.24) is 0 Å². The molecule has 5 aromatic rings. The first-order chi connectivity index (χ1) is 16.7. The molecule has 0 radical (unpaired) electrons. The van der Waals surface area contributed by atoms with Gasteiger partial charge in [-0.3, -0.25) is 0 Å². The number of hydrogen-bond acceptors (Lipinski definition) is 1. The van der Waals surface area contributed by atoms with Crippen LogP contribution in [0.5, 0.6) is 0 Å². The van der Waals surface area contributed by atoms with Crippen LogP contribution in [0.15, 0.2) is 125 Å². The third-order valence-electron chi connectivity index (χ3n) is 7.24. The lowest BCUT2D eigenvalue weighted by Crippen LogP contribution is -2.67. The van der Waals surface area contributed by atoms with Crippen molar-refractivity contribution in [2.24, 2.45) is 0 Å². The summed E-state index contributed by atoms with van der Waals surface area (Å²) in [5.74, 6) is 0. The van der Waals surface area contributed by atoms with E-state index in [0.29, 0.717) is 0 Å². The molecule has 0 saturated carbocycles.